The molecule has 12 N–H and O–H groups in total. The minimum atomic E-state index is -1.75. The summed E-state index contributed by atoms with van der Waals surface area (Å²) in [6.45, 7) is 1.09. The van der Waals surface area contributed by atoms with E-state index in [1.54, 1.807) is 0 Å². The zero-order valence-electron chi connectivity index (χ0n) is 18.4. The fraction of sp³-hybridized carbons (Fsp3) is 0.611. The maximum absolute atomic E-state index is 12.7. The molecule has 5 atom stereocenters. The van der Waals surface area contributed by atoms with E-state index in [0.717, 1.165) is 6.92 Å². The Morgan fingerprint density at radius 3 is 1.68 bits per heavy atom. The van der Waals surface area contributed by atoms with Crippen LogP contribution in [0.3, 0.4) is 0 Å². The molecule has 0 radical (unpaired) electrons. The zero-order valence-corrected chi connectivity index (χ0v) is 18.4. The van der Waals surface area contributed by atoms with Crippen molar-refractivity contribution in [3.8, 4) is 0 Å². The van der Waals surface area contributed by atoms with Gasteiger partial charge in [-0.15, -0.1) is 0 Å². The van der Waals surface area contributed by atoms with E-state index in [0.29, 0.717) is 0 Å². The average molecular weight is 490 g/mol. The van der Waals surface area contributed by atoms with Crippen molar-refractivity contribution in [3.05, 3.63) is 0 Å². The van der Waals surface area contributed by atoms with Gasteiger partial charge in [-0.1, -0.05) is 0 Å². The first-order chi connectivity index (χ1) is 15.6. The molecule has 0 spiro atoms. The summed E-state index contributed by atoms with van der Waals surface area (Å²) < 4.78 is 0. The lowest BCUT2D eigenvalue weighted by atomic mass is 10.1. The molecule has 5 amide bonds. The highest BCUT2D eigenvalue weighted by Crippen LogP contribution is 2.04. The van der Waals surface area contributed by atoms with Crippen LogP contribution in [0, 0.1) is 0 Å². The van der Waals surface area contributed by atoms with Gasteiger partial charge in [0.1, 0.15) is 12.1 Å². The maximum Gasteiger partial charge on any atom is 0.328 e. The highest BCUT2D eigenvalue weighted by atomic mass is 16.4. The molecule has 16 heteroatoms. The van der Waals surface area contributed by atoms with Gasteiger partial charge in [-0.2, -0.15) is 0 Å². The molecule has 0 aromatic rings. The molecule has 0 aliphatic carbocycles. The summed E-state index contributed by atoms with van der Waals surface area (Å²) >= 11 is 0. The first-order valence-corrected chi connectivity index (χ1v) is 10.0. The summed E-state index contributed by atoms with van der Waals surface area (Å²) in [7, 11) is 0. The molecule has 0 heterocycles. The molecule has 0 fully saturated rings. The number of carboxylic acid groups (broad SMARTS) is 2. The fourth-order valence-electron chi connectivity index (χ4n) is 2.56. The van der Waals surface area contributed by atoms with Crippen molar-refractivity contribution in [1.29, 1.82) is 0 Å². The SMILES string of the molecule is CC(O)C(NC(=O)C(CCC(N)=O)NC(=O)C(CC(=O)O)NC(=O)C(N)CCC(N)=O)C(=O)O. The number of aliphatic carboxylic acids is 2. The Morgan fingerprint density at radius 2 is 1.24 bits per heavy atom. The van der Waals surface area contributed by atoms with Gasteiger partial charge in [-0.25, -0.2) is 4.79 Å². The minimum Gasteiger partial charge on any atom is -0.481 e. The first kappa shape index (κ1) is 30.2. The van der Waals surface area contributed by atoms with Crippen LogP contribution in [0.5, 0.6) is 0 Å². The number of nitrogens with two attached hydrogens (primary N) is 3. The summed E-state index contributed by atoms with van der Waals surface area (Å²) in [6, 6.07) is -6.34. The summed E-state index contributed by atoms with van der Waals surface area (Å²) in [5.74, 6) is -7.90. The Labute approximate surface area is 193 Å². The van der Waals surface area contributed by atoms with Crippen LogP contribution in [-0.2, 0) is 33.6 Å². The molecule has 0 saturated carbocycles. The van der Waals surface area contributed by atoms with Crippen molar-refractivity contribution in [1.82, 2.24) is 16.0 Å². The second-order valence-corrected chi connectivity index (χ2v) is 7.40. The molecule has 0 aliphatic rings. The van der Waals surface area contributed by atoms with Crippen LogP contribution in [0.25, 0.3) is 0 Å². The van der Waals surface area contributed by atoms with E-state index >= 15 is 0 Å². The van der Waals surface area contributed by atoms with Crippen molar-refractivity contribution in [2.45, 2.75) is 69.3 Å². The summed E-state index contributed by atoms with van der Waals surface area (Å²) in [5.41, 5.74) is 15.6. The van der Waals surface area contributed by atoms with E-state index in [4.69, 9.17) is 27.4 Å². The third-order valence-electron chi connectivity index (χ3n) is 4.41. The molecule has 0 bridgehead atoms. The van der Waals surface area contributed by atoms with Crippen LogP contribution >= 0.6 is 0 Å². The predicted molar refractivity (Wildman–Crippen MR) is 112 cm³/mol. The Morgan fingerprint density at radius 1 is 0.765 bits per heavy atom. The van der Waals surface area contributed by atoms with E-state index in [9.17, 15) is 38.7 Å². The number of hydrogen-bond donors (Lipinski definition) is 9. The van der Waals surface area contributed by atoms with Crippen LogP contribution in [0.1, 0.15) is 39.0 Å². The third kappa shape index (κ3) is 11.7. The van der Waals surface area contributed by atoms with Gasteiger partial charge in [0.15, 0.2) is 6.04 Å². The van der Waals surface area contributed by atoms with Crippen LogP contribution in [0.4, 0.5) is 0 Å². The second-order valence-electron chi connectivity index (χ2n) is 7.40. The van der Waals surface area contributed by atoms with Crippen LogP contribution in [0.2, 0.25) is 0 Å². The van der Waals surface area contributed by atoms with Crippen molar-refractivity contribution in [3.63, 3.8) is 0 Å². The van der Waals surface area contributed by atoms with E-state index in [2.05, 4.69) is 10.6 Å². The number of carboxylic acids is 2. The lowest BCUT2D eigenvalue weighted by Gasteiger charge is -2.25. The standard InChI is InChI=1S/C18H30N6O10/c1-7(25)14(18(33)34)24-16(31)9(3-5-12(21)27)22-17(32)10(6-13(28)29)23-15(30)8(19)2-4-11(20)26/h7-10,14,25H,2-6,19H2,1H3,(H2,20,26)(H2,21,27)(H,22,32)(H,23,30)(H,24,31)(H,28,29)(H,33,34). The smallest absolute Gasteiger partial charge is 0.328 e. The molecule has 5 unspecified atom stereocenters. The van der Waals surface area contributed by atoms with Crippen molar-refractivity contribution >= 4 is 41.5 Å². The molecule has 0 rings (SSSR count). The number of carbonyl (C=O) groups is 7. The third-order valence-corrected chi connectivity index (χ3v) is 4.41. The molecule has 0 aliphatic heterocycles. The summed E-state index contributed by atoms with van der Waals surface area (Å²) in [4.78, 5) is 81.7. The number of nitrogens with one attached hydrogen (secondary N) is 3. The number of rotatable bonds is 16. The normalized spacial score (nSPS) is 15.0. The first-order valence-electron chi connectivity index (χ1n) is 10.0. The largest absolute Gasteiger partial charge is 0.481 e. The molecule has 192 valence electrons. The molecule has 0 aromatic heterocycles. The van der Waals surface area contributed by atoms with Crippen molar-refractivity contribution in [2.24, 2.45) is 17.2 Å². The number of hydrogen-bond acceptors (Lipinski definition) is 9. The summed E-state index contributed by atoms with van der Waals surface area (Å²) in [5, 5.41) is 33.9. The van der Waals surface area contributed by atoms with Gasteiger partial charge < -0.3 is 48.5 Å². The average Bonchev–Trinajstić information content (AvgIpc) is 2.70. The van der Waals surface area contributed by atoms with E-state index in [1.165, 1.54) is 0 Å². The van der Waals surface area contributed by atoms with Gasteiger partial charge in [0.05, 0.1) is 18.6 Å². The molecule has 34 heavy (non-hydrogen) atoms. The van der Waals surface area contributed by atoms with Gasteiger partial charge in [-0.05, 0) is 19.8 Å². The van der Waals surface area contributed by atoms with Crippen molar-refractivity contribution in [2.75, 3.05) is 0 Å². The highest BCUT2D eigenvalue weighted by molar-refractivity contribution is 5.96. The van der Waals surface area contributed by atoms with Gasteiger partial charge >= 0.3 is 11.9 Å². The second kappa shape index (κ2) is 14.4. The Kier molecular flexibility index (Phi) is 12.8. The van der Waals surface area contributed by atoms with E-state index in [1.807, 2.05) is 5.32 Å². The zero-order chi connectivity index (χ0) is 26.6. The Balaban J connectivity index is 5.56. The minimum absolute atomic E-state index is 0.178. The molecule has 0 saturated heterocycles. The topological polar surface area (TPSA) is 294 Å². The van der Waals surface area contributed by atoms with Gasteiger partial charge in [-0.3, -0.25) is 28.8 Å². The molecular weight excluding hydrogens is 460 g/mol. The van der Waals surface area contributed by atoms with Gasteiger partial charge in [0, 0.05) is 12.8 Å². The quantitative estimate of drug-likeness (QED) is 0.0988. The van der Waals surface area contributed by atoms with Crippen molar-refractivity contribution < 1.29 is 48.9 Å². The molecular formula is C18H30N6O10. The summed E-state index contributed by atoms with van der Waals surface area (Å²) in [6.07, 6.45) is -3.68. The monoisotopic (exact) mass is 490 g/mol. The van der Waals surface area contributed by atoms with Crippen LogP contribution < -0.4 is 33.2 Å². The Bertz CT molecular complexity index is 802. The lowest BCUT2D eigenvalue weighted by Crippen LogP contribution is -2.58. The van der Waals surface area contributed by atoms with Gasteiger partial charge in [0.25, 0.3) is 0 Å². The fourth-order valence-corrected chi connectivity index (χ4v) is 2.56. The molecule has 16 nitrogen and oxygen atoms in total. The van der Waals surface area contributed by atoms with Crippen LogP contribution in [0.15, 0.2) is 0 Å². The number of carbonyl (C=O) groups excluding carboxylic acids is 5. The number of aliphatic hydroxyl groups excluding tert-OH is 1. The number of aliphatic hydroxyl groups is 1. The predicted octanol–water partition coefficient (Wildman–Crippen LogP) is -4.76. The highest BCUT2D eigenvalue weighted by Gasteiger charge is 2.32. The van der Waals surface area contributed by atoms with E-state index < -0.39 is 91.0 Å². The Hall–Kier alpha value is -3.79. The maximum atomic E-state index is 12.7. The molecule has 0 aromatic carbocycles. The number of amides is 5. The van der Waals surface area contributed by atoms with Gasteiger partial charge in [0.2, 0.25) is 29.5 Å². The lowest BCUT2D eigenvalue weighted by molar-refractivity contribution is -0.145. The number of primary amides is 2. The van der Waals surface area contributed by atoms with Crippen LogP contribution in [-0.4, -0.2) is 87.1 Å². The van der Waals surface area contributed by atoms with E-state index in [-0.39, 0.29) is 12.8 Å².